The molecule has 0 aliphatic carbocycles. The molecule has 9 heteroatoms. The summed E-state index contributed by atoms with van der Waals surface area (Å²) in [5.41, 5.74) is -0.0268. The Morgan fingerprint density at radius 1 is 1.24 bits per heavy atom. The van der Waals surface area contributed by atoms with E-state index in [0.29, 0.717) is 5.56 Å². The summed E-state index contributed by atoms with van der Waals surface area (Å²) >= 11 is 0. The Kier molecular flexibility index (Phi) is 5.34. The van der Waals surface area contributed by atoms with Crippen molar-refractivity contribution in [2.45, 2.75) is 39.3 Å². The first-order chi connectivity index (χ1) is 11.6. The zero-order chi connectivity index (χ0) is 18.8. The molecule has 0 aliphatic heterocycles. The summed E-state index contributed by atoms with van der Waals surface area (Å²) in [7, 11) is 0. The summed E-state index contributed by atoms with van der Waals surface area (Å²) in [4.78, 5) is 15.5. The van der Waals surface area contributed by atoms with Gasteiger partial charge in [-0.05, 0) is 38.5 Å². The summed E-state index contributed by atoms with van der Waals surface area (Å²) < 4.78 is 61.0. The van der Waals surface area contributed by atoms with Crippen molar-refractivity contribution in [3.63, 3.8) is 0 Å². The van der Waals surface area contributed by atoms with E-state index in [2.05, 4.69) is 9.72 Å². The lowest BCUT2D eigenvalue weighted by molar-refractivity contribution is -0.274. The number of nitrogens with zero attached hydrogens (tertiary/aromatic N) is 2. The third-order valence-electron chi connectivity index (χ3n) is 3.28. The summed E-state index contributed by atoms with van der Waals surface area (Å²) in [6.07, 6.45) is -4.20. The molecular formula is C16H16F4N2O3. The third kappa shape index (κ3) is 4.71. The first-order valence-corrected chi connectivity index (χ1v) is 7.37. The van der Waals surface area contributed by atoms with Gasteiger partial charge in [0, 0.05) is 0 Å². The normalized spacial score (nSPS) is 13.0. The lowest BCUT2D eigenvalue weighted by atomic mass is 10.1. The molecule has 0 saturated heterocycles. The average molecular weight is 360 g/mol. The topological polar surface area (TPSA) is 53.3 Å². The summed E-state index contributed by atoms with van der Waals surface area (Å²) in [6.45, 7) is 4.80. The number of alkyl halides is 3. The van der Waals surface area contributed by atoms with Gasteiger partial charge in [0.05, 0.1) is 18.5 Å². The number of esters is 1. The van der Waals surface area contributed by atoms with E-state index in [9.17, 15) is 22.4 Å². The first-order valence-electron chi connectivity index (χ1n) is 7.37. The number of hydrogen-bond acceptors (Lipinski definition) is 4. The molecule has 2 aromatic rings. The van der Waals surface area contributed by atoms with E-state index >= 15 is 0 Å². The second-order valence-corrected chi connectivity index (χ2v) is 5.54. The third-order valence-corrected chi connectivity index (χ3v) is 3.28. The van der Waals surface area contributed by atoms with Gasteiger partial charge in [-0.25, -0.2) is 9.78 Å². The van der Waals surface area contributed by atoms with Crippen LogP contribution in [0.25, 0.3) is 0 Å². The number of carbonyl (C=O) groups excluding carboxylic acids is 1. The van der Waals surface area contributed by atoms with E-state index in [-0.39, 0.29) is 0 Å². The molecule has 25 heavy (non-hydrogen) atoms. The highest BCUT2D eigenvalue weighted by atomic mass is 19.4. The minimum absolute atomic E-state index is 0.373. The molecule has 1 heterocycles. The summed E-state index contributed by atoms with van der Waals surface area (Å²) in [6, 6.07) is 4.53. The van der Waals surface area contributed by atoms with Gasteiger partial charge in [0.15, 0.2) is 5.69 Å². The highest BCUT2D eigenvalue weighted by molar-refractivity contribution is 5.87. The molecule has 136 valence electrons. The minimum atomic E-state index is -4.82. The zero-order valence-corrected chi connectivity index (χ0v) is 13.7. The van der Waals surface area contributed by atoms with E-state index in [1.165, 1.54) is 16.7 Å². The maximum atomic E-state index is 13.9. The smallest absolute Gasteiger partial charge is 0.458 e. The van der Waals surface area contributed by atoms with Gasteiger partial charge in [-0.1, -0.05) is 12.1 Å². The van der Waals surface area contributed by atoms with Crippen LogP contribution in [0.4, 0.5) is 17.6 Å². The van der Waals surface area contributed by atoms with Crippen molar-refractivity contribution in [2.75, 3.05) is 0 Å². The van der Waals surface area contributed by atoms with E-state index < -0.39 is 41.9 Å². The SMILES string of the molecule is CC(C)OC(=O)c1c(F)ncn1C(C)c1cccc(OC(F)(F)F)c1. The minimum Gasteiger partial charge on any atom is -0.458 e. The molecule has 1 aromatic heterocycles. The summed E-state index contributed by atoms with van der Waals surface area (Å²) in [5.74, 6) is -2.33. The maximum Gasteiger partial charge on any atom is 0.573 e. The molecule has 0 bridgehead atoms. The molecule has 1 unspecified atom stereocenters. The molecule has 5 nitrogen and oxygen atoms in total. The maximum absolute atomic E-state index is 13.9. The van der Waals surface area contributed by atoms with Crippen molar-refractivity contribution < 1.29 is 31.8 Å². The lowest BCUT2D eigenvalue weighted by Crippen LogP contribution is -2.20. The van der Waals surface area contributed by atoms with Crippen LogP contribution in [0.5, 0.6) is 5.75 Å². The Balaban J connectivity index is 2.34. The number of hydrogen-bond donors (Lipinski definition) is 0. The molecule has 1 aromatic carbocycles. The van der Waals surface area contributed by atoms with Crippen LogP contribution in [0.15, 0.2) is 30.6 Å². The Morgan fingerprint density at radius 2 is 1.92 bits per heavy atom. The summed E-state index contributed by atoms with van der Waals surface area (Å²) in [5, 5.41) is 0. The monoisotopic (exact) mass is 360 g/mol. The van der Waals surface area contributed by atoms with Crippen molar-refractivity contribution >= 4 is 5.97 Å². The molecular weight excluding hydrogens is 344 g/mol. The van der Waals surface area contributed by atoms with Crippen LogP contribution < -0.4 is 4.74 Å². The number of rotatable bonds is 5. The zero-order valence-electron chi connectivity index (χ0n) is 13.7. The number of benzene rings is 1. The van der Waals surface area contributed by atoms with Gasteiger partial charge in [0.25, 0.3) is 0 Å². The standard InChI is InChI=1S/C16H16F4N2O3/c1-9(2)24-15(23)13-14(17)21-8-22(13)10(3)11-5-4-6-12(7-11)25-16(18,19)20/h4-10H,1-3H3. The Bertz CT molecular complexity index is 756. The van der Waals surface area contributed by atoms with E-state index in [0.717, 1.165) is 18.5 Å². The van der Waals surface area contributed by atoms with Crippen molar-refractivity contribution in [1.82, 2.24) is 9.55 Å². The van der Waals surface area contributed by atoms with Crippen molar-refractivity contribution in [3.05, 3.63) is 47.8 Å². The second-order valence-electron chi connectivity index (χ2n) is 5.54. The fraction of sp³-hybridized carbons (Fsp3) is 0.375. The quantitative estimate of drug-likeness (QED) is 0.595. The average Bonchev–Trinajstić information content (AvgIpc) is 2.86. The molecule has 0 radical (unpaired) electrons. The number of aromatic nitrogens is 2. The Hall–Kier alpha value is -2.58. The van der Waals surface area contributed by atoms with Crippen LogP contribution in [0, 0.1) is 5.95 Å². The van der Waals surface area contributed by atoms with Crippen molar-refractivity contribution in [1.29, 1.82) is 0 Å². The number of imidazole rings is 1. The number of halogens is 4. The fourth-order valence-corrected chi connectivity index (χ4v) is 2.22. The number of ether oxygens (including phenoxy) is 2. The van der Waals surface area contributed by atoms with Crippen molar-refractivity contribution in [3.8, 4) is 5.75 Å². The van der Waals surface area contributed by atoms with Crippen LogP contribution in [-0.2, 0) is 4.74 Å². The van der Waals surface area contributed by atoms with Crippen LogP contribution in [0.1, 0.15) is 42.9 Å². The molecule has 0 N–H and O–H groups in total. The van der Waals surface area contributed by atoms with Crippen LogP contribution in [0.2, 0.25) is 0 Å². The van der Waals surface area contributed by atoms with E-state index in [1.54, 1.807) is 20.8 Å². The van der Waals surface area contributed by atoms with Crippen LogP contribution in [-0.4, -0.2) is 28.0 Å². The van der Waals surface area contributed by atoms with Gasteiger partial charge < -0.3 is 14.0 Å². The first kappa shape index (κ1) is 18.8. The predicted octanol–water partition coefficient (Wildman–Crippen LogP) is 4.10. The van der Waals surface area contributed by atoms with E-state index in [1.807, 2.05) is 0 Å². The fourth-order valence-electron chi connectivity index (χ4n) is 2.22. The largest absolute Gasteiger partial charge is 0.573 e. The molecule has 2 rings (SSSR count). The van der Waals surface area contributed by atoms with Crippen molar-refractivity contribution in [2.24, 2.45) is 0 Å². The highest BCUT2D eigenvalue weighted by Gasteiger charge is 2.31. The molecule has 0 saturated carbocycles. The molecule has 1 atom stereocenters. The van der Waals surface area contributed by atoms with Gasteiger partial charge in [0.1, 0.15) is 5.75 Å². The second kappa shape index (κ2) is 7.12. The number of carbonyl (C=O) groups is 1. The molecule has 0 amide bonds. The Morgan fingerprint density at radius 3 is 2.52 bits per heavy atom. The van der Waals surface area contributed by atoms with Gasteiger partial charge in [-0.3, -0.25) is 0 Å². The van der Waals surface area contributed by atoms with Crippen LogP contribution in [0.3, 0.4) is 0 Å². The van der Waals surface area contributed by atoms with Gasteiger partial charge in [-0.2, -0.15) is 4.39 Å². The van der Waals surface area contributed by atoms with Gasteiger partial charge in [0.2, 0.25) is 5.95 Å². The van der Waals surface area contributed by atoms with Crippen LogP contribution >= 0.6 is 0 Å². The van der Waals surface area contributed by atoms with E-state index in [4.69, 9.17) is 4.74 Å². The molecule has 0 fully saturated rings. The molecule has 0 aliphatic rings. The lowest BCUT2D eigenvalue weighted by Gasteiger charge is -2.18. The Labute approximate surface area is 141 Å². The molecule has 0 spiro atoms. The van der Waals surface area contributed by atoms with Gasteiger partial charge in [-0.15, -0.1) is 13.2 Å². The highest BCUT2D eigenvalue weighted by Crippen LogP contribution is 2.28. The predicted molar refractivity (Wildman–Crippen MR) is 79.7 cm³/mol. The van der Waals surface area contributed by atoms with Gasteiger partial charge >= 0.3 is 12.3 Å².